The van der Waals surface area contributed by atoms with Gasteiger partial charge in [-0.1, -0.05) is 69.5 Å². The molecule has 0 saturated carbocycles. The van der Waals surface area contributed by atoms with E-state index < -0.39 is 11.8 Å². The maximum Gasteiger partial charge on any atom is 0.329 e. The zero-order valence-electron chi connectivity index (χ0n) is 15.9. The van der Waals surface area contributed by atoms with E-state index in [1.807, 2.05) is 36.4 Å². The molecule has 3 aromatic carbocycles. The Hall–Kier alpha value is -2.87. The van der Waals surface area contributed by atoms with E-state index in [9.17, 15) is 9.59 Å². The van der Waals surface area contributed by atoms with Gasteiger partial charge in [0.1, 0.15) is 12.4 Å². The largest absolute Gasteiger partial charge is 0.488 e. The van der Waals surface area contributed by atoms with Crippen molar-refractivity contribution in [1.82, 2.24) is 5.43 Å². The molecule has 0 heterocycles. The Balaban J connectivity index is 1.58. The Morgan fingerprint density at radius 3 is 2.48 bits per heavy atom. The van der Waals surface area contributed by atoms with Crippen molar-refractivity contribution in [1.29, 1.82) is 0 Å². The standard InChI is InChI=1S/C22H16BrCl2N3O3/c23-16-10-8-14(9-11-16)13-31-19-7-2-1-4-15(19)12-26-28-22(30)21(29)27-18-6-3-5-17(24)20(18)25/h1-12H,13H2,(H,27,29)(H,28,30)/b26-12-. The minimum atomic E-state index is -0.958. The molecule has 0 unspecified atom stereocenters. The highest BCUT2D eigenvalue weighted by atomic mass is 79.9. The van der Waals surface area contributed by atoms with E-state index >= 15 is 0 Å². The van der Waals surface area contributed by atoms with Crippen molar-refractivity contribution in [3.8, 4) is 5.75 Å². The fourth-order valence-corrected chi connectivity index (χ4v) is 3.06. The Kier molecular flexibility index (Phi) is 8.06. The van der Waals surface area contributed by atoms with Gasteiger partial charge in [0.15, 0.2) is 0 Å². The number of hydrazone groups is 1. The molecule has 0 radical (unpaired) electrons. The number of carbonyl (C=O) groups is 2. The predicted molar refractivity (Wildman–Crippen MR) is 126 cm³/mol. The maximum absolute atomic E-state index is 12.0. The number of nitrogens with zero attached hydrogens (tertiary/aromatic N) is 1. The first kappa shape index (κ1) is 22.8. The summed E-state index contributed by atoms with van der Waals surface area (Å²) < 4.78 is 6.83. The van der Waals surface area contributed by atoms with Crippen LogP contribution in [0.1, 0.15) is 11.1 Å². The van der Waals surface area contributed by atoms with Crippen LogP contribution in [0.15, 0.2) is 76.3 Å². The fourth-order valence-electron chi connectivity index (χ4n) is 2.45. The maximum atomic E-state index is 12.0. The van der Waals surface area contributed by atoms with Crippen LogP contribution in [-0.4, -0.2) is 18.0 Å². The molecule has 0 aromatic heterocycles. The van der Waals surface area contributed by atoms with Gasteiger partial charge in [-0.25, -0.2) is 5.43 Å². The van der Waals surface area contributed by atoms with Crippen LogP contribution in [0.2, 0.25) is 10.0 Å². The monoisotopic (exact) mass is 519 g/mol. The van der Waals surface area contributed by atoms with Gasteiger partial charge in [-0.3, -0.25) is 9.59 Å². The van der Waals surface area contributed by atoms with E-state index in [-0.39, 0.29) is 15.7 Å². The molecule has 0 aliphatic carbocycles. The van der Waals surface area contributed by atoms with Crippen LogP contribution in [-0.2, 0) is 16.2 Å². The lowest BCUT2D eigenvalue weighted by molar-refractivity contribution is -0.136. The van der Waals surface area contributed by atoms with Gasteiger partial charge in [-0.15, -0.1) is 0 Å². The molecule has 0 aliphatic rings. The number of benzene rings is 3. The topological polar surface area (TPSA) is 79.8 Å². The van der Waals surface area contributed by atoms with E-state index in [4.69, 9.17) is 27.9 Å². The van der Waals surface area contributed by atoms with Gasteiger partial charge in [0.2, 0.25) is 0 Å². The van der Waals surface area contributed by atoms with Gasteiger partial charge in [0.05, 0.1) is 21.9 Å². The molecule has 9 heteroatoms. The number of amides is 2. The van der Waals surface area contributed by atoms with Gasteiger partial charge >= 0.3 is 11.8 Å². The smallest absolute Gasteiger partial charge is 0.329 e. The van der Waals surface area contributed by atoms with Crippen LogP contribution >= 0.6 is 39.1 Å². The number of hydrogen-bond donors (Lipinski definition) is 2. The van der Waals surface area contributed by atoms with Crippen molar-refractivity contribution < 1.29 is 14.3 Å². The minimum Gasteiger partial charge on any atom is -0.488 e. The average molecular weight is 521 g/mol. The van der Waals surface area contributed by atoms with Crippen molar-refractivity contribution in [2.45, 2.75) is 6.61 Å². The number of ether oxygens (including phenoxy) is 1. The van der Waals surface area contributed by atoms with Crippen LogP contribution in [0, 0.1) is 0 Å². The Morgan fingerprint density at radius 1 is 0.968 bits per heavy atom. The van der Waals surface area contributed by atoms with E-state index in [1.165, 1.54) is 12.3 Å². The van der Waals surface area contributed by atoms with E-state index in [0.29, 0.717) is 17.9 Å². The van der Waals surface area contributed by atoms with E-state index in [1.54, 1.807) is 24.3 Å². The number of para-hydroxylation sites is 1. The number of hydrogen-bond acceptors (Lipinski definition) is 4. The number of nitrogens with one attached hydrogen (secondary N) is 2. The van der Waals surface area contributed by atoms with Gasteiger partial charge in [-0.2, -0.15) is 5.10 Å². The highest BCUT2D eigenvalue weighted by molar-refractivity contribution is 9.10. The van der Waals surface area contributed by atoms with E-state index in [2.05, 4.69) is 31.8 Å². The Bertz CT molecular complexity index is 1120. The highest BCUT2D eigenvalue weighted by Crippen LogP contribution is 2.29. The zero-order chi connectivity index (χ0) is 22.2. The second kappa shape index (κ2) is 10.9. The summed E-state index contributed by atoms with van der Waals surface area (Å²) in [5.41, 5.74) is 4.04. The number of halogens is 3. The summed E-state index contributed by atoms with van der Waals surface area (Å²) >= 11 is 15.3. The van der Waals surface area contributed by atoms with Crippen LogP contribution in [0.3, 0.4) is 0 Å². The van der Waals surface area contributed by atoms with Gasteiger partial charge in [0, 0.05) is 10.0 Å². The van der Waals surface area contributed by atoms with Gasteiger partial charge in [-0.05, 0) is 42.0 Å². The minimum absolute atomic E-state index is 0.144. The van der Waals surface area contributed by atoms with Crippen LogP contribution in [0.4, 0.5) is 5.69 Å². The molecule has 2 amide bonds. The van der Waals surface area contributed by atoms with Crippen molar-refractivity contribution in [2.24, 2.45) is 5.10 Å². The summed E-state index contributed by atoms with van der Waals surface area (Å²) in [6.45, 7) is 0.368. The molecule has 0 saturated heterocycles. The molecule has 0 spiro atoms. The molecule has 158 valence electrons. The molecule has 0 aliphatic heterocycles. The molecular formula is C22H16BrCl2N3O3. The van der Waals surface area contributed by atoms with Crippen LogP contribution in [0.25, 0.3) is 0 Å². The summed E-state index contributed by atoms with van der Waals surface area (Å²) in [7, 11) is 0. The van der Waals surface area contributed by atoms with E-state index in [0.717, 1.165) is 10.0 Å². The van der Waals surface area contributed by atoms with Crippen molar-refractivity contribution in [3.63, 3.8) is 0 Å². The normalized spacial score (nSPS) is 10.7. The second-order valence-electron chi connectivity index (χ2n) is 6.21. The second-order valence-corrected chi connectivity index (χ2v) is 7.91. The highest BCUT2D eigenvalue weighted by Gasteiger charge is 2.15. The third kappa shape index (κ3) is 6.55. The molecule has 6 nitrogen and oxygen atoms in total. The fraction of sp³-hybridized carbons (Fsp3) is 0.0455. The van der Waals surface area contributed by atoms with Gasteiger partial charge < -0.3 is 10.1 Å². The molecular weight excluding hydrogens is 505 g/mol. The first-order chi connectivity index (χ1) is 14.9. The molecule has 31 heavy (non-hydrogen) atoms. The lowest BCUT2D eigenvalue weighted by atomic mass is 10.2. The Labute approximate surface area is 197 Å². The molecule has 3 aromatic rings. The van der Waals surface area contributed by atoms with Crippen molar-refractivity contribution in [3.05, 3.63) is 92.4 Å². The first-order valence-electron chi connectivity index (χ1n) is 8.98. The number of carbonyl (C=O) groups excluding carboxylic acids is 2. The number of rotatable bonds is 6. The lowest BCUT2D eigenvalue weighted by Crippen LogP contribution is -2.32. The summed E-state index contributed by atoms with van der Waals surface area (Å²) in [6.07, 6.45) is 1.40. The molecule has 0 bridgehead atoms. The third-order valence-corrected chi connectivity index (χ3v) is 5.35. The SMILES string of the molecule is O=C(N/N=C\c1ccccc1OCc1ccc(Br)cc1)C(=O)Nc1cccc(Cl)c1Cl. The first-order valence-corrected chi connectivity index (χ1v) is 10.5. The summed E-state index contributed by atoms with van der Waals surface area (Å²) in [4.78, 5) is 24.1. The summed E-state index contributed by atoms with van der Waals surface area (Å²) in [5, 5.41) is 6.63. The average Bonchev–Trinajstić information content (AvgIpc) is 2.77. The molecule has 2 N–H and O–H groups in total. The Morgan fingerprint density at radius 2 is 1.71 bits per heavy atom. The van der Waals surface area contributed by atoms with Crippen molar-refractivity contribution >= 4 is 62.8 Å². The van der Waals surface area contributed by atoms with Crippen LogP contribution in [0.5, 0.6) is 5.75 Å². The summed E-state index contributed by atoms with van der Waals surface area (Å²) in [6, 6.07) is 19.7. The zero-order valence-corrected chi connectivity index (χ0v) is 19.0. The third-order valence-electron chi connectivity index (χ3n) is 4.00. The number of anilines is 1. The predicted octanol–water partition coefficient (Wildman–Crippen LogP) is 5.42. The molecule has 0 fully saturated rings. The lowest BCUT2D eigenvalue weighted by Gasteiger charge is -2.09. The van der Waals surface area contributed by atoms with Crippen LogP contribution < -0.4 is 15.5 Å². The molecule has 0 atom stereocenters. The quantitative estimate of drug-likeness (QED) is 0.258. The molecule has 3 rings (SSSR count). The van der Waals surface area contributed by atoms with Crippen molar-refractivity contribution in [2.75, 3.05) is 5.32 Å². The van der Waals surface area contributed by atoms with Gasteiger partial charge in [0.25, 0.3) is 0 Å². The summed E-state index contributed by atoms with van der Waals surface area (Å²) in [5.74, 6) is -1.31.